The topological polar surface area (TPSA) is 106 Å². The fraction of sp³-hybridized carbons (Fsp3) is 0.429. The molecule has 39 heavy (non-hydrogen) atoms. The number of aryl methyl sites for hydroxylation is 1. The molecular weight excluding hydrogens is 519 g/mol. The third-order valence-electron chi connectivity index (χ3n) is 6.88. The molecule has 2 aromatic carbocycles. The molecule has 1 aliphatic heterocycles. The summed E-state index contributed by atoms with van der Waals surface area (Å²) < 4.78 is 48.9. The fourth-order valence-electron chi connectivity index (χ4n) is 4.98. The molecule has 3 aromatic rings. The van der Waals surface area contributed by atoms with Crippen molar-refractivity contribution in [2.45, 2.75) is 26.8 Å². The van der Waals surface area contributed by atoms with Gasteiger partial charge in [-0.2, -0.15) is 9.40 Å². The number of piperazine rings is 1. The molecule has 1 aliphatic rings. The Hall–Kier alpha value is -3.12. The Balaban J connectivity index is 1.68. The van der Waals surface area contributed by atoms with Crippen LogP contribution in [0.1, 0.15) is 31.0 Å². The van der Waals surface area contributed by atoms with Gasteiger partial charge >= 0.3 is 0 Å². The van der Waals surface area contributed by atoms with E-state index in [1.807, 2.05) is 6.92 Å². The van der Waals surface area contributed by atoms with Gasteiger partial charge in [0, 0.05) is 57.1 Å². The number of nitrogens with zero attached hydrogens (tertiary/aromatic N) is 5. The summed E-state index contributed by atoms with van der Waals surface area (Å²) in [5.41, 5.74) is 9.48. The minimum absolute atomic E-state index is 0.0255. The van der Waals surface area contributed by atoms with E-state index in [0.29, 0.717) is 32.2 Å². The average molecular weight is 557 g/mol. The fourth-order valence-corrected chi connectivity index (χ4v) is 6.32. The van der Waals surface area contributed by atoms with Crippen molar-refractivity contribution >= 4 is 27.1 Å². The van der Waals surface area contributed by atoms with Gasteiger partial charge in [-0.3, -0.25) is 9.89 Å². The first-order chi connectivity index (χ1) is 18.6. The summed E-state index contributed by atoms with van der Waals surface area (Å²) in [5, 5.41) is 5.48. The highest BCUT2D eigenvalue weighted by atomic mass is 32.2. The number of hydrogen-bond acceptors (Lipinski definition) is 7. The Morgan fingerprint density at radius 1 is 1.26 bits per heavy atom. The number of rotatable bonds is 10. The zero-order chi connectivity index (χ0) is 28.2. The molecule has 0 amide bonds. The van der Waals surface area contributed by atoms with Gasteiger partial charge in [0.05, 0.1) is 30.6 Å². The smallest absolute Gasteiger partial charge is 0.246 e. The van der Waals surface area contributed by atoms with Crippen molar-refractivity contribution in [3.8, 4) is 5.69 Å². The Morgan fingerprint density at radius 2 is 2.00 bits per heavy atom. The zero-order valence-corrected chi connectivity index (χ0v) is 23.7. The highest BCUT2D eigenvalue weighted by Gasteiger charge is 2.36. The molecular formula is C28H37FN6O3S. The van der Waals surface area contributed by atoms with Gasteiger partial charge in [0.25, 0.3) is 0 Å². The van der Waals surface area contributed by atoms with E-state index in [1.54, 1.807) is 30.1 Å². The zero-order valence-electron chi connectivity index (χ0n) is 22.9. The van der Waals surface area contributed by atoms with Gasteiger partial charge in [-0.15, -0.1) is 0 Å². The molecule has 2 heterocycles. The molecule has 4 rings (SSSR count). The van der Waals surface area contributed by atoms with Gasteiger partial charge in [0.2, 0.25) is 10.0 Å². The maximum Gasteiger partial charge on any atom is 0.246 e. The van der Waals surface area contributed by atoms with Crippen LogP contribution in [0.4, 0.5) is 4.39 Å². The van der Waals surface area contributed by atoms with E-state index < -0.39 is 10.0 Å². The molecule has 1 fully saturated rings. The van der Waals surface area contributed by atoms with Gasteiger partial charge < -0.3 is 10.5 Å². The SMILES string of the molecule is COCCN=CC(=CN)S(=O)(=O)N1CCN(CC(C)C)[C@@H](c2cc3cnn(-c4ccc(F)cc4)c3cc2C)C1. The van der Waals surface area contributed by atoms with Crippen LogP contribution in [-0.2, 0) is 14.8 Å². The molecule has 0 saturated carbocycles. The monoisotopic (exact) mass is 556 g/mol. The molecule has 0 spiro atoms. The van der Waals surface area contributed by atoms with Crippen LogP contribution < -0.4 is 5.73 Å². The van der Waals surface area contributed by atoms with E-state index in [9.17, 15) is 12.8 Å². The number of hydrogen-bond donors (Lipinski definition) is 1. The van der Waals surface area contributed by atoms with Crippen LogP contribution in [0.25, 0.3) is 16.6 Å². The van der Waals surface area contributed by atoms with Gasteiger partial charge in [0.1, 0.15) is 10.7 Å². The summed E-state index contributed by atoms with van der Waals surface area (Å²) in [4.78, 5) is 6.49. The molecule has 1 atom stereocenters. The second-order valence-electron chi connectivity index (χ2n) is 10.2. The predicted molar refractivity (Wildman–Crippen MR) is 153 cm³/mol. The van der Waals surface area contributed by atoms with Gasteiger partial charge in [0.15, 0.2) is 0 Å². The van der Waals surface area contributed by atoms with Gasteiger partial charge in [-0.25, -0.2) is 17.5 Å². The number of fused-ring (bicyclic) bond motifs is 1. The second-order valence-corrected chi connectivity index (χ2v) is 12.1. The van der Waals surface area contributed by atoms with Crippen LogP contribution in [0.5, 0.6) is 0 Å². The van der Waals surface area contributed by atoms with Crippen molar-refractivity contribution in [1.82, 2.24) is 19.0 Å². The van der Waals surface area contributed by atoms with Crippen LogP contribution in [0, 0.1) is 18.7 Å². The summed E-state index contributed by atoms with van der Waals surface area (Å²) in [7, 11) is -2.27. The van der Waals surface area contributed by atoms with Crippen molar-refractivity contribution in [1.29, 1.82) is 0 Å². The number of aliphatic imine (C=N–C) groups is 1. The molecule has 1 aromatic heterocycles. The van der Waals surface area contributed by atoms with Crippen LogP contribution in [0.3, 0.4) is 0 Å². The first-order valence-electron chi connectivity index (χ1n) is 13.0. The van der Waals surface area contributed by atoms with E-state index in [0.717, 1.165) is 40.5 Å². The summed E-state index contributed by atoms with van der Waals surface area (Å²) in [6.45, 7) is 9.17. The third-order valence-corrected chi connectivity index (χ3v) is 8.73. The summed E-state index contributed by atoms with van der Waals surface area (Å²) in [6.07, 6.45) is 4.20. The lowest BCUT2D eigenvalue weighted by Gasteiger charge is -2.42. The maximum atomic E-state index is 13.6. The Kier molecular flexibility index (Phi) is 9.16. The van der Waals surface area contributed by atoms with Crippen molar-refractivity contribution in [3.05, 3.63) is 70.6 Å². The molecule has 2 N–H and O–H groups in total. The molecule has 0 aliphatic carbocycles. The quantitative estimate of drug-likeness (QED) is 0.302. The molecule has 0 radical (unpaired) electrons. The van der Waals surface area contributed by atoms with Crippen molar-refractivity contribution in [3.63, 3.8) is 0 Å². The Labute approximate surface area is 229 Å². The lowest BCUT2D eigenvalue weighted by atomic mass is 9.96. The lowest BCUT2D eigenvalue weighted by Crippen LogP contribution is -2.51. The number of benzene rings is 2. The number of allylic oxidation sites excluding steroid dienone is 1. The van der Waals surface area contributed by atoms with E-state index in [1.165, 1.54) is 22.7 Å². The molecule has 0 unspecified atom stereocenters. The number of aromatic nitrogens is 2. The molecule has 11 heteroatoms. The lowest BCUT2D eigenvalue weighted by molar-refractivity contribution is 0.105. The minimum Gasteiger partial charge on any atom is -0.403 e. The second kappa shape index (κ2) is 12.4. The largest absolute Gasteiger partial charge is 0.403 e. The Bertz CT molecular complexity index is 1450. The predicted octanol–water partition coefficient (Wildman–Crippen LogP) is 3.63. The van der Waals surface area contributed by atoms with Gasteiger partial charge in [-0.05, 0) is 60.4 Å². The number of methoxy groups -OCH3 is 1. The summed E-state index contributed by atoms with van der Waals surface area (Å²) in [6, 6.07) is 10.2. The number of halogens is 1. The number of sulfonamides is 1. The number of nitrogens with two attached hydrogens (primary N) is 1. The summed E-state index contributed by atoms with van der Waals surface area (Å²) >= 11 is 0. The molecule has 210 valence electrons. The standard InChI is InChI=1S/C28H37FN6O3S/c1-20(2)18-33-10-11-34(39(36,37)25(15-30)17-31-9-12-38-4)19-28(33)26-14-22-16-32-35(27(22)13-21(26)3)24-7-5-23(29)6-8-24/h5-8,13-17,20,28H,9-12,18-19,30H2,1-4H3/t28-/m1/s1. The number of ether oxygens (including phenoxy) is 1. The van der Waals surface area contributed by atoms with E-state index >= 15 is 0 Å². The van der Waals surface area contributed by atoms with Crippen LogP contribution in [0.15, 0.2) is 58.7 Å². The van der Waals surface area contributed by atoms with E-state index in [4.69, 9.17) is 10.5 Å². The highest BCUT2D eigenvalue weighted by Crippen LogP contribution is 2.33. The van der Waals surface area contributed by atoms with E-state index in [-0.39, 0.29) is 23.3 Å². The van der Waals surface area contributed by atoms with Gasteiger partial charge in [-0.1, -0.05) is 13.8 Å². The van der Waals surface area contributed by atoms with Crippen molar-refractivity contribution in [2.75, 3.05) is 46.4 Å². The van der Waals surface area contributed by atoms with Crippen LogP contribution in [-0.4, -0.2) is 80.1 Å². The maximum absolute atomic E-state index is 13.6. The first kappa shape index (κ1) is 28.9. The third kappa shape index (κ3) is 6.38. The average Bonchev–Trinajstić information content (AvgIpc) is 3.31. The normalized spacial score (nSPS) is 18.1. The first-order valence-corrected chi connectivity index (χ1v) is 14.5. The minimum atomic E-state index is -3.84. The molecule has 0 bridgehead atoms. The highest BCUT2D eigenvalue weighted by molar-refractivity contribution is 7.93. The van der Waals surface area contributed by atoms with Crippen molar-refractivity contribution in [2.24, 2.45) is 16.6 Å². The van der Waals surface area contributed by atoms with Crippen molar-refractivity contribution < 1.29 is 17.5 Å². The molecule has 9 nitrogen and oxygen atoms in total. The Morgan fingerprint density at radius 3 is 2.67 bits per heavy atom. The van der Waals surface area contributed by atoms with Crippen LogP contribution in [0.2, 0.25) is 0 Å². The van der Waals surface area contributed by atoms with E-state index in [2.05, 4.69) is 41.0 Å². The summed E-state index contributed by atoms with van der Waals surface area (Å²) in [5.74, 6) is 0.109. The van der Waals surface area contributed by atoms with Crippen LogP contribution >= 0.6 is 0 Å². The molecule has 1 saturated heterocycles.